The van der Waals surface area contributed by atoms with Crippen LogP contribution in [0.15, 0.2) is 11.4 Å². The maximum absolute atomic E-state index is 5.86. The molecule has 0 bridgehead atoms. The van der Waals surface area contributed by atoms with Gasteiger partial charge in [0, 0.05) is 30.0 Å². The molecule has 0 aromatic carbocycles. The lowest BCUT2D eigenvalue weighted by Crippen LogP contribution is -2.37. The zero-order chi connectivity index (χ0) is 17.2. The van der Waals surface area contributed by atoms with Gasteiger partial charge >= 0.3 is 0 Å². The topological polar surface area (TPSA) is 89.2 Å². The molecule has 0 radical (unpaired) electrons. The normalized spacial score (nSPS) is 15.5. The van der Waals surface area contributed by atoms with E-state index in [1.54, 1.807) is 11.3 Å². The van der Waals surface area contributed by atoms with E-state index in [-0.39, 0.29) is 11.4 Å². The smallest absolute Gasteiger partial charge is 0.223 e. The van der Waals surface area contributed by atoms with Gasteiger partial charge in [-0.25, -0.2) is 4.98 Å². The molecule has 130 valence electrons. The zero-order valence-electron chi connectivity index (χ0n) is 14.4. The van der Waals surface area contributed by atoms with Gasteiger partial charge in [0.15, 0.2) is 0 Å². The van der Waals surface area contributed by atoms with Gasteiger partial charge in [-0.2, -0.15) is 9.97 Å². The number of anilines is 3. The fourth-order valence-electron chi connectivity index (χ4n) is 2.40. The number of aromatic nitrogens is 3. The standard InChI is InChI=1S/C16H24N6OS/c1-16(2,3)11-10-24-14(19-11)9-18-12-8-13(21-15(17)20-12)22-4-6-23-7-5-22/h8,10H,4-7,9H2,1-3H3,(H3,17,18,20,21). The fraction of sp³-hybridized carbons (Fsp3) is 0.562. The molecule has 24 heavy (non-hydrogen) atoms. The zero-order valence-corrected chi connectivity index (χ0v) is 15.2. The number of hydrogen-bond acceptors (Lipinski definition) is 8. The molecule has 1 aliphatic rings. The van der Waals surface area contributed by atoms with Crippen molar-refractivity contribution in [3.05, 3.63) is 22.1 Å². The highest BCUT2D eigenvalue weighted by Crippen LogP contribution is 2.24. The first-order valence-electron chi connectivity index (χ1n) is 8.08. The van der Waals surface area contributed by atoms with Crippen molar-refractivity contribution in [2.45, 2.75) is 32.7 Å². The summed E-state index contributed by atoms with van der Waals surface area (Å²) in [5.74, 6) is 1.83. The highest BCUT2D eigenvalue weighted by atomic mass is 32.1. The predicted molar refractivity (Wildman–Crippen MR) is 97.6 cm³/mol. The van der Waals surface area contributed by atoms with E-state index in [9.17, 15) is 0 Å². The van der Waals surface area contributed by atoms with Gasteiger partial charge in [-0.15, -0.1) is 11.3 Å². The van der Waals surface area contributed by atoms with Crippen molar-refractivity contribution >= 4 is 28.9 Å². The molecule has 1 fully saturated rings. The molecule has 7 nitrogen and oxygen atoms in total. The molecule has 0 atom stereocenters. The Morgan fingerprint density at radius 1 is 1.25 bits per heavy atom. The number of thiazole rings is 1. The number of rotatable bonds is 4. The molecule has 2 aromatic rings. The van der Waals surface area contributed by atoms with Crippen LogP contribution in [0.2, 0.25) is 0 Å². The van der Waals surface area contributed by atoms with E-state index >= 15 is 0 Å². The Balaban J connectivity index is 1.68. The number of nitrogens with zero attached hydrogens (tertiary/aromatic N) is 4. The van der Waals surface area contributed by atoms with Gasteiger partial charge in [-0.05, 0) is 0 Å². The monoisotopic (exact) mass is 348 g/mol. The number of ether oxygens (including phenoxy) is 1. The summed E-state index contributed by atoms with van der Waals surface area (Å²) in [6, 6.07) is 1.93. The lowest BCUT2D eigenvalue weighted by atomic mass is 9.93. The molecular weight excluding hydrogens is 324 g/mol. The number of nitrogens with one attached hydrogen (secondary N) is 1. The van der Waals surface area contributed by atoms with Crippen LogP contribution in [0.1, 0.15) is 31.5 Å². The summed E-state index contributed by atoms with van der Waals surface area (Å²) >= 11 is 1.66. The van der Waals surface area contributed by atoms with Crippen molar-refractivity contribution in [3.8, 4) is 0 Å². The second kappa shape index (κ2) is 6.90. The van der Waals surface area contributed by atoms with Gasteiger partial charge in [0.1, 0.15) is 16.6 Å². The van der Waals surface area contributed by atoms with E-state index < -0.39 is 0 Å². The molecule has 2 aromatic heterocycles. The van der Waals surface area contributed by atoms with Crippen molar-refractivity contribution in [1.29, 1.82) is 0 Å². The van der Waals surface area contributed by atoms with Gasteiger partial charge in [0.25, 0.3) is 0 Å². The maximum Gasteiger partial charge on any atom is 0.223 e. The Kier molecular flexibility index (Phi) is 4.86. The average Bonchev–Trinajstić information content (AvgIpc) is 3.03. The van der Waals surface area contributed by atoms with E-state index in [1.807, 2.05) is 6.07 Å². The third-order valence-electron chi connectivity index (χ3n) is 3.81. The van der Waals surface area contributed by atoms with Crippen LogP contribution in [-0.2, 0) is 16.7 Å². The van der Waals surface area contributed by atoms with E-state index in [2.05, 4.69) is 51.3 Å². The van der Waals surface area contributed by atoms with E-state index in [1.165, 1.54) is 0 Å². The summed E-state index contributed by atoms with van der Waals surface area (Å²) in [5.41, 5.74) is 7.04. The minimum absolute atomic E-state index is 0.0671. The van der Waals surface area contributed by atoms with Crippen molar-refractivity contribution < 1.29 is 4.74 Å². The summed E-state index contributed by atoms with van der Waals surface area (Å²) in [5, 5.41) is 6.45. The van der Waals surface area contributed by atoms with Crippen molar-refractivity contribution in [1.82, 2.24) is 15.0 Å². The predicted octanol–water partition coefficient (Wildman–Crippen LogP) is 2.26. The Bertz CT molecular complexity index is 690. The first kappa shape index (κ1) is 16.9. The van der Waals surface area contributed by atoms with Gasteiger partial charge in [-0.1, -0.05) is 20.8 Å². The van der Waals surface area contributed by atoms with Crippen LogP contribution in [0.25, 0.3) is 0 Å². The van der Waals surface area contributed by atoms with E-state index in [0.29, 0.717) is 19.8 Å². The fourth-order valence-corrected chi connectivity index (χ4v) is 3.36. The van der Waals surface area contributed by atoms with Crippen LogP contribution in [0.5, 0.6) is 0 Å². The largest absolute Gasteiger partial charge is 0.378 e. The van der Waals surface area contributed by atoms with Gasteiger partial charge < -0.3 is 20.7 Å². The van der Waals surface area contributed by atoms with Crippen molar-refractivity contribution in [3.63, 3.8) is 0 Å². The van der Waals surface area contributed by atoms with Crippen molar-refractivity contribution in [2.24, 2.45) is 0 Å². The third-order valence-corrected chi connectivity index (χ3v) is 4.65. The first-order valence-corrected chi connectivity index (χ1v) is 8.96. The molecule has 0 unspecified atom stereocenters. The lowest BCUT2D eigenvalue weighted by molar-refractivity contribution is 0.122. The van der Waals surface area contributed by atoms with Gasteiger partial charge in [-0.3, -0.25) is 0 Å². The third kappa shape index (κ3) is 4.12. The van der Waals surface area contributed by atoms with Crippen LogP contribution in [0, 0.1) is 0 Å². The van der Waals surface area contributed by atoms with Crippen LogP contribution >= 0.6 is 11.3 Å². The molecule has 0 saturated carbocycles. The summed E-state index contributed by atoms with van der Waals surface area (Å²) in [6.45, 7) is 10.2. The molecule has 0 aliphatic carbocycles. The van der Waals surface area contributed by atoms with E-state index in [0.717, 1.165) is 35.4 Å². The number of hydrogen-bond donors (Lipinski definition) is 2. The summed E-state index contributed by atoms with van der Waals surface area (Å²) < 4.78 is 5.38. The lowest BCUT2D eigenvalue weighted by Gasteiger charge is -2.28. The van der Waals surface area contributed by atoms with Crippen molar-refractivity contribution in [2.75, 3.05) is 42.3 Å². The maximum atomic E-state index is 5.86. The minimum atomic E-state index is 0.0671. The number of nitrogen functional groups attached to an aromatic ring is 1. The Hall–Kier alpha value is -1.93. The molecule has 8 heteroatoms. The van der Waals surface area contributed by atoms with Crippen LogP contribution in [0.3, 0.4) is 0 Å². The second-order valence-electron chi connectivity index (χ2n) is 6.80. The Morgan fingerprint density at radius 2 is 2.00 bits per heavy atom. The van der Waals surface area contributed by atoms with Crippen LogP contribution in [0.4, 0.5) is 17.6 Å². The molecule has 0 amide bonds. The highest BCUT2D eigenvalue weighted by molar-refractivity contribution is 7.09. The van der Waals surface area contributed by atoms with Gasteiger partial charge in [0.05, 0.1) is 25.5 Å². The molecule has 0 spiro atoms. The summed E-state index contributed by atoms with van der Waals surface area (Å²) in [7, 11) is 0. The van der Waals surface area contributed by atoms with E-state index in [4.69, 9.17) is 10.5 Å². The van der Waals surface area contributed by atoms with Crippen LogP contribution in [-0.4, -0.2) is 41.3 Å². The second-order valence-corrected chi connectivity index (χ2v) is 7.74. The molecule has 1 saturated heterocycles. The number of morpholine rings is 1. The Morgan fingerprint density at radius 3 is 2.67 bits per heavy atom. The van der Waals surface area contributed by atoms with Gasteiger partial charge in [0.2, 0.25) is 5.95 Å². The number of nitrogens with two attached hydrogens (primary N) is 1. The highest BCUT2D eigenvalue weighted by Gasteiger charge is 2.18. The summed E-state index contributed by atoms with van der Waals surface area (Å²) in [6.07, 6.45) is 0. The SMILES string of the molecule is CC(C)(C)c1csc(CNc2cc(N3CCOCC3)nc(N)n2)n1. The minimum Gasteiger partial charge on any atom is -0.378 e. The molecule has 1 aliphatic heterocycles. The Labute approximate surface area is 146 Å². The quantitative estimate of drug-likeness (QED) is 0.876. The van der Waals surface area contributed by atoms with Crippen LogP contribution < -0.4 is 16.0 Å². The average molecular weight is 348 g/mol. The molecule has 3 rings (SSSR count). The molecule has 3 heterocycles. The first-order chi connectivity index (χ1) is 11.4. The molecular formula is C16H24N6OS. The molecule has 3 N–H and O–H groups in total. The summed E-state index contributed by atoms with van der Waals surface area (Å²) in [4.78, 5) is 15.5.